The van der Waals surface area contributed by atoms with Gasteiger partial charge < -0.3 is 64.2 Å². The highest BCUT2D eigenvalue weighted by Gasteiger charge is 2.59. The van der Waals surface area contributed by atoms with Gasteiger partial charge in [-0.1, -0.05) is 29.5 Å². The molecule has 28 nitrogen and oxygen atoms in total. The molecule has 10 atom stereocenters. The van der Waals surface area contributed by atoms with Crippen molar-refractivity contribution in [3.63, 3.8) is 0 Å². The number of nitro groups is 1. The van der Waals surface area contributed by atoms with Crippen molar-refractivity contribution >= 4 is 52.6 Å². The molecule has 3 aromatic carbocycles. The molecule has 2 bridgehead atoms. The summed E-state index contributed by atoms with van der Waals surface area (Å²) < 4.78 is 35.1. The number of aliphatic hydroxyl groups is 3. The Morgan fingerprint density at radius 1 is 0.976 bits per heavy atom. The second-order valence-electron chi connectivity index (χ2n) is 21.8. The smallest absolute Gasteiger partial charge is 0.407 e. The summed E-state index contributed by atoms with van der Waals surface area (Å²) in [6.45, 7) is -0.735. The van der Waals surface area contributed by atoms with Crippen molar-refractivity contribution < 1.29 is 97.2 Å². The lowest BCUT2D eigenvalue weighted by Crippen LogP contribution is -2.56. The number of Topliss-reactive ketones (excluding diaryl/α,β-unsaturated/α-hetero) is 2. The van der Waals surface area contributed by atoms with Crippen molar-refractivity contribution in [1.29, 1.82) is 0 Å². The number of ketones is 4. The molecule has 2 aliphatic heterocycles. The summed E-state index contributed by atoms with van der Waals surface area (Å²) in [7, 11) is 2.77. The molecule has 4 aliphatic carbocycles. The van der Waals surface area contributed by atoms with Crippen LogP contribution in [0.2, 0.25) is 0 Å². The minimum Gasteiger partial charge on any atom is -0.507 e. The molecular formula is C57H61N7O21. The fourth-order valence-electron chi connectivity index (χ4n) is 12.4. The van der Waals surface area contributed by atoms with Crippen LogP contribution in [-0.4, -0.2) is 173 Å². The Labute approximate surface area is 483 Å². The molecule has 6 N–H and O–H groups in total. The number of hydrogen-bond donors (Lipinski definition) is 6. The number of aromatic hydroxyl groups is 2. The average molecular weight is 1180 g/mol. The molecule has 4 unspecified atom stereocenters. The van der Waals surface area contributed by atoms with Crippen LogP contribution in [0, 0.1) is 33.8 Å². The van der Waals surface area contributed by atoms with Crippen LogP contribution in [0.1, 0.15) is 106 Å². The number of hydrogen-bond acceptors (Lipinski definition) is 23. The van der Waals surface area contributed by atoms with Crippen LogP contribution in [0.4, 0.5) is 10.5 Å². The normalized spacial score (nSPS) is 25.2. The number of aliphatic hydroxyl groups excluding tert-OH is 2. The number of ether oxygens (including phenoxy) is 6. The molecule has 2 saturated heterocycles. The SMILES string of the molecule is COCCCC(=O)CC(=O)N(CCN1C(=O)C2C3C=CC(C3)C2C1=O)Cc1cn(COc2ccc([N+](=O)[O-])c(COC(=O)N[C@H]3C[C@H](O[C@H]4C[C@](O)(C(=O)CO)Cc5c(O)c6c(c(O)c54)C(=O)c4c(OC)cccc4C6=O)O[C@@H](C)[C@H]3O)c2)nn1. The Bertz CT molecular complexity index is 3410. The van der Waals surface area contributed by atoms with Crippen LogP contribution in [0.25, 0.3) is 0 Å². The number of nitro benzene ring substituents is 1. The van der Waals surface area contributed by atoms with Crippen LogP contribution < -0.4 is 14.8 Å². The van der Waals surface area contributed by atoms with Crippen molar-refractivity contribution in [1.82, 2.24) is 30.1 Å². The minimum absolute atomic E-state index is 0.00158. The Morgan fingerprint density at radius 2 is 1.71 bits per heavy atom. The number of nitrogens with zero attached hydrogens (tertiary/aromatic N) is 6. The van der Waals surface area contributed by atoms with E-state index in [0.717, 1.165) is 12.5 Å². The Hall–Kier alpha value is -8.54. The molecule has 85 heavy (non-hydrogen) atoms. The van der Waals surface area contributed by atoms with Crippen LogP contribution in [0.5, 0.6) is 23.0 Å². The highest BCUT2D eigenvalue weighted by Crippen LogP contribution is 2.54. The Morgan fingerprint density at radius 3 is 2.40 bits per heavy atom. The standard InChI is InChI=1S/C57H61N7O21/c1-27-49(69)36(19-42(84-27)85-39-21-57(77,40(67)24-65)20-35-46(39)53(73)48-47(51(35)71)50(70)34-7-4-8-38(81-3)45(34)52(48)72)58-56(76)82-25-30-17-33(11-12-37(30)64(78)79)83-26-62-23-31(59-60-62)22-61(41(68)18-32(66)6-5-15-80-2)13-14-63-54(74)43-28-9-10-29(16-28)44(43)55(63)75/h4,7-12,17,23,27-29,36,39,42-44,49,65,69,71,73,77H,5-6,13-16,18-22,24-26H2,1-3H3,(H,58,76)/t27-,28?,29?,36-,39-,42-,43?,44?,49+,57-/m0/s1. The third-order valence-corrected chi connectivity index (χ3v) is 16.6. The monoisotopic (exact) mass is 1180 g/mol. The van der Waals surface area contributed by atoms with Gasteiger partial charge in [-0.3, -0.25) is 48.6 Å². The van der Waals surface area contributed by atoms with Gasteiger partial charge in [0.1, 0.15) is 59.4 Å². The fourth-order valence-corrected chi connectivity index (χ4v) is 12.4. The lowest BCUT2D eigenvalue weighted by atomic mass is 9.72. The number of amides is 4. The van der Waals surface area contributed by atoms with E-state index in [1.165, 1.54) is 72.2 Å². The molecule has 28 heteroatoms. The van der Waals surface area contributed by atoms with E-state index in [9.17, 15) is 74.0 Å². The van der Waals surface area contributed by atoms with Crippen molar-refractivity contribution in [3.8, 4) is 23.0 Å². The number of phenolic OH excluding ortho intramolecular Hbond substituents is 2. The zero-order chi connectivity index (χ0) is 60.8. The molecule has 3 heterocycles. The second-order valence-corrected chi connectivity index (χ2v) is 21.8. The highest BCUT2D eigenvalue weighted by molar-refractivity contribution is 6.31. The number of rotatable bonds is 23. The molecule has 3 fully saturated rings. The van der Waals surface area contributed by atoms with E-state index < -0.39 is 143 Å². The predicted molar refractivity (Wildman–Crippen MR) is 285 cm³/mol. The third kappa shape index (κ3) is 11.5. The van der Waals surface area contributed by atoms with Crippen LogP contribution >= 0.6 is 0 Å². The maximum atomic E-state index is 14.1. The van der Waals surface area contributed by atoms with Gasteiger partial charge in [0, 0.05) is 75.2 Å². The zero-order valence-corrected chi connectivity index (χ0v) is 46.2. The Kier molecular flexibility index (Phi) is 17.0. The summed E-state index contributed by atoms with van der Waals surface area (Å²) >= 11 is 0. The summed E-state index contributed by atoms with van der Waals surface area (Å²) in [5, 5.41) is 79.3. The van der Waals surface area contributed by atoms with Crippen LogP contribution in [-0.2, 0) is 69.2 Å². The number of phenols is 2. The minimum atomic E-state index is -2.46. The van der Waals surface area contributed by atoms with Crippen LogP contribution in [0.3, 0.4) is 0 Å². The van der Waals surface area contributed by atoms with Gasteiger partial charge in [0.25, 0.3) is 5.69 Å². The van der Waals surface area contributed by atoms with Crippen molar-refractivity contribution in [2.45, 2.75) is 108 Å². The summed E-state index contributed by atoms with van der Waals surface area (Å²) in [6, 6.07) is 6.60. The molecule has 1 aromatic heterocycles. The fraction of sp³-hybridized carbons (Fsp3) is 0.474. The quantitative estimate of drug-likeness (QED) is 0.0104. The molecule has 4 amide bonds. The first kappa shape index (κ1) is 59.6. The number of nitrogens with one attached hydrogen (secondary N) is 1. The Balaban J connectivity index is 0.789. The van der Waals surface area contributed by atoms with Gasteiger partial charge >= 0.3 is 6.09 Å². The van der Waals surface area contributed by atoms with E-state index in [4.69, 9.17) is 28.4 Å². The second kappa shape index (κ2) is 24.2. The topological polar surface area (TPSA) is 385 Å². The molecule has 450 valence electrons. The number of imide groups is 1. The predicted octanol–water partition coefficient (Wildman–Crippen LogP) is 2.03. The van der Waals surface area contributed by atoms with Crippen molar-refractivity contribution in [2.75, 3.05) is 40.5 Å². The van der Waals surface area contributed by atoms with E-state index in [2.05, 4.69) is 15.6 Å². The van der Waals surface area contributed by atoms with Gasteiger partial charge in [0.2, 0.25) is 23.5 Å². The van der Waals surface area contributed by atoms with Gasteiger partial charge in [-0.25, -0.2) is 9.48 Å². The number of allylic oxidation sites excluding steroid dienone is 2. The summed E-state index contributed by atoms with van der Waals surface area (Å²) in [4.78, 5) is 122. The van der Waals surface area contributed by atoms with Gasteiger partial charge in [-0.15, -0.1) is 5.10 Å². The first-order valence-electron chi connectivity index (χ1n) is 27.4. The summed E-state index contributed by atoms with van der Waals surface area (Å²) in [5.74, 6) is -6.75. The molecular weight excluding hydrogens is 1120 g/mol. The van der Waals surface area contributed by atoms with E-state index in [-0.39, 0.29) is 114 Å². The summed E-state index contributed by atoms with van der Waals surface area (Å²) in [6.07, 6.45) is -2.31. The zero-order valence-electron chi connectivity index (χ0n) is 46.2. The molecule has 6 aliphatic rings. The number of carbonyl (C=O) groups excluding carboxylic acids is 8. The first-order chi connectivity index (χ1) is 40.6. The van der Waals surface area contributed by atoms with E-state index >= 15 is 0 Å². The molecule has 0 spiro atoms. The molecule has 0 radical (unpaired) electrons. The largest absolute Gasteiger partial charge is 0.507 e. The van der Waals surface area contributed by atoms with Gasteiger partial charge in [0.15, 0.2) is 24.6 Å². The van der Waals surface area contributed by atoms with Gasteiger partial charge in [-0.2, -0.15) is 0 Å². The molecule has 4 aromatic rings. The number of methoxy groups -OCH3 is 2. The number of benzene rings is 3. The van der Waals surface area contributed by atoms with E-state index in [1.807, 2.05) is 12.2 Å². The molecule has 10 rings (SSSR count). The van der Waals surface area contributed by atoms with E-state index in [0.29, 0.717) is 13.0 Å². The number of fused-ring (bicyclic) bond motifs is 8. The number of likely N-dealkylation sites (tertiary alicyclic amines) is 1. The molecule has 1 saturated carbocycles. The third-order valence-electron chi connectivity index (χ3n) is 16.6. The lowest BCUT2D eigenvalue weighted by molar-refractivity contribution is -0.385. The van der Waals surface area contributed by atoms with Crippen molar-refractivity contribution in [2.24, 2.45) is 23.7 Å². The van der Waals surface area contributed by atoms with Crippen LogP contribution in [0.15, 0.2) is 54.7 Å². The van der Waals surface area contributed by atoms with Gasteiger partial charge in [0.05, 0.1) is 83.5 Å². The maximum Gasteiger partial charge on any atom is 0.407 e. The summed E-state index contributed by atoms with van der Waals surface area (Å²) in [5.41, 5.74) is -4.96. The highest BCUT2D eigenvalue weighted by atomic mass is 16.7. The lowest BCUT2D eigenvalue weighted by Gasteiger charge is -2.42. The number of aromatic nitrogens is 3. The maximum absolute atomic E-state index is 14.1. The van der Waals surface area contributed by atoms with Gasteiger partial charge in [-0.05, 0) is 49.8 Å². The first-order valence-corrected chi connectivity index (χ1v) is 27.4. The number of alkyl carbamates (subject to hydrolysis) is 1. The number of carbonyl (C=O) groups is 8. The average Bonchev–Trinajstić information content (AvgIpc) is 1.53. The van der Waals surface area contributed by atoms with E-state index in [1.54, 1.807) is 0 Å². The van der Waals surface area contributed by atoms with Crippen molar-refractivity contribution in [3.05, 3.63) is 109 Å².